The molecule has 0 atom stereocenters. The van der Waals surface area contributed by atoms with Crippen LogP contribution in [0.5, 0.6) is 0 Å². The van der Waals surface area contributed by atoms with Gasteiger partial charge >= 0.3 is 0 Å². The van der Waals surface area contributed by atoms with Gasteiger partial charge in [0, 0.05) is 6.54 Å². The van der Waals surface area contributed by atoms with E-state index < -0.39 is 0 Å². The number of rotatable bonds is 5. The molecule has 1 aromatic heterocycles. The second-order valence-electron chi connectivity index (χ2n) is 4.88. The van der Waals surface area contributed by atoms with E-state index in [2.05, 4.69) is 22.6 Å². The van der Waals surface area contributed by atoms with Crippen molar-refractivity contribution >= 4 is 5.91 Å². The van der Waals surface area contributed by atoms with Gasteiger partial charge in [0.15, 0.2) is 5.69 Å². The number of amides is 1. The van der Waals surface area contributed by atoms with Gasteiger partial charge in [-0.3, -0.25) is 4.79 Å². The highest BCUT2D eigenvalue weighted by atomic mass is 16.2. The molecule has 5 heteroatoms. The van der Waals surface area contributed by atoms with Gasteiger partial charge in [-0.05, 0) is 32.4 Å². The summed E-state index contributed by atoms with van der Waals surface area (Å²) >= 11 is 0. The van der Waals surface area contributed by atoms with E-state index in [1.165, 1.54) is 5.56 Å². The van der Waals surface area contributed by atoms with E-state index in [1.807, 2.05) is 38.1 Å². The van der Waals surface area contributed by atoms with E-state index in [1.54, 1.807) is 4.68 Å². The molecular weight excluding hydrogens is 252 g/mol. The van der Waals surface area contributed by atoms with Crippen molar-refractivity contribution in [3.05, 3.63) is 41.2 Å². The predicted octanol–water partition coefficient (Wildman–Crippen LogP) is 2.41. The van der Waals surface area contributed by atoms with Crippen molar-refractivity contribution in [1.82, 2.24) is 20.3 Å². The molecule has 0 aliphatic heterocycles. The van der Waals surface area contributed by atoms with Gasteiger partial charge in [-0.1, -0.05) is 36.3 Å². The lowest BCUT2D eigenvalue weighted by atomic mass is 10.2. The van der Waals surface area contributed by atoms with E-state index >= 15 is 0 Å². The fraction of sp³-hybridized carbons (Fsp3) is 0.400. The van der Waals surface area contributed by atoms with Crippen molar-refractivity contribution in [2.24, 2.45) is 0 Å². The van der Waals surface area contributed by atoms with Crippen LogP contribution in [0.1, 0.15) is 41.5 Å². The van der Waals surface area contributed by atoms with E-state index in [9.17, 15) is 4.79 Å². The summed E-state index contributed by atoms with van der Waals surface area (Å²) in [5.41, 5.74) is 3.24. The first kappa shape index (κ1) is 14.2. The molecule has 20 heavy (non-hydrogen) atoms. The Bertz CT molecular complexity index is 586. The summed E-state index contributed by atoms with van der Waals surface area (Å²) in [4.78, 5) is 12.0. The maximum absolute atomic E-state index is 12.0. The van der Waals surface area contributed by atoms with Crippen molar-refractivity contribution < 1.29 is 4.79 Å². The van der Waals surface area contributed by atoms with Crippen LogP contribution < -0.4 is 5.32 Å². The smallest absolute Gasteiger partial charge is 0.273 e. The minimum Gasteiger partial charge on any atom is -0.351 e. The number of aromatic nitrogens is 3. The van der Waals surface area contributed by atoms with Gasteiger partial charge < -0.3 is 5.32 Å². The van der Waals surface area contributed by atoms with Crippen LogP contribution in [0.3, 0.4) is 0 Å². The minimum absolute atomic E-state index is 0.158. The lowest BCUT2D eigenvalue weighted by molar-refractivity contribution is 0.0947. The van der Waals surface area contributed by atoms with Crippen molar-refractivity contribution in [1.29, 1.82) is 0 Å². The van der Waals surface area contributed by atoms with Crippen LogP contribution in [-0.2, 0) is 0 Å². The highest BCUT2D eigenvalue weighted by Crippen LogP contribution is 2.13. The van der Waals surface area contributed by atoms with Crippen molar-refractivity contribution in [3.8, 4) is 5.69 Å². The van der Waals surface area contributed by atoms with Crippen molar-refractivity contribution in [2.75, 3.05) is 6.54 Å². The first-order valence-electron chi connectivity index (χ1n) is 6.91. The van der Waals surface area contributed by atoms with Crippen LogP contribution in [0.15, 0.2) is 24.3 Å². The molecule has 0 unspecified atom stereocenters. The summed E-state index contributed by atoms with van der Waals surface area (Å²) < 4.78 is 1.69. The summed E-state index contributed by atoms with van der Waals surface area (Å²) in [6.07, 6.45) is 2.02. The SMILES string of the molecule is CCCCNC(=O)c1nnn(-c2ccc(C)cc2)c1C. The third-order valence-corrected chi connectivity index (χ3v) is 3.20. The maximum Gasteiger partial charge on any atom is 0.273 e. The molecule has 0 saturated heterocycles. The van der Waals surface area contributed by atoms with Crippen molar-refractivity contribution in [3.63, 3.8) is 0 Å². The van der Waals surface area contributed by atoms with Gasteiger partial charge in [-0.15, -0.1) is 5.10 Å². The van der Waals surface area contributed by atoms with E-state index in [0.29, 0.717) is 12.2 Å². The lowest BCUT2D eigenvalue weighted by Crippen LogP contribution is -2.25. The molecular formula is C15H20N4O. The number of hydrogen-bond acceptors (Lipinski definition) is 3. The number of hydrogen-bond donors (Lipinski definition) is 1. The molecule has 5 nitrogen and oxygen atoms in total. The summed E-state index contributed by atoms with van der Waals surface area (Å²) in [6, 6.07) is 7.96. The van der Waals surface area contributed by atoms with Gasteiger partial charge in [0.1, 0.15) is 0 Å². The molecule has 0 aliphatic rings. The van der Waals surface area contributed by atoms with Gasteiger partial charge in [0.2, 0.25) is 0 Å². The molecule has 0 radical (unpaired) electrons. The zero-order chi connectivity index (χ0) is 14.5. The fourth-order valence-corrected chi connectivity index (χ4v) is 1.93. The fourth-order valence-electron chi connectivity index (χ4n) is 1.93. The topological polar surface area (TPSA) is 59.8 Å². The number of aryl methyl sites for hydroxylation is 1. The summed E-state index contributed by atoms with van der Waals surface area (Å²) in [6.45, 7) is 6.65. The minimum atomic E-state index is -0.158. The molecule has 0 spiro atoms. The Morgan fingerprint density at radius 2 is 1.95 bits per heavy atom. The molecule has 1 N–H and O–H groups in total. The standard InChI is InChI=1S/C15H20N4O/c1-4-5-10-16-15(20)14-12(3)19(18-17-14)13-8-6-11(2)7-9-13/h6-9H,4-5,10H2,1-3H3,(H,16,20). The Balaban J connectivity index is 2.18. The largest absolute Gasteiger partial charge is 0.351 e. The van der Waals surface area contributed by atoms with Gasteiger partial charge in [0.05, 0.1) is 11.4 Å². The van der Waals surface area contributed by atoms with Gasteiger partial charge in [-0.25, -0.2) is 4.68 Å². The van der Waals surface area contributed by atoms with Crippen LogP contribution in [0.4, 0.5) is 0 Å². The molecule has 0 bridgehead atoms. The molecule has 1 amide bonds. The Labute approximate surface area is 119 Å². The monoisotopic (exact) mass is 272 g/mol. The summed E-state index contributed by atoms with van der Waals surface area (Å²) in [7, 11) is 0. The van der Waals surface area contributed by atoms with E-state index in [4.69, 9.17) is 0 Å². The second-order valence-corrected chi connectivity index (χ2v) is 4.88. The third kappa shape index (κ3) is 3.04. The Morgan fingerprint density at radius 1 is 1.25 bits per heavy atom. The van der Waals surface area contributed by atoms with E-state index in [0.717, 1.165) is 24.2 Å². The van der Waals surface area contributed by atoms with Crippen molar-refractivity contribution in [2.45, 2.75) is 33.6 Å². The maximum atomic E-state index is 12.0. The highest BCUT2D eigenvalue weighted by molar-refractivity contribution is 5.93. The molecule has 2 aromatic rings. The zero-order valence-corrected chi connectivity index (χ0v) is 12.2. The normalized spacial score (nSPS) is 10.6. The molecule has 0 aliphatic carbocycles. The second kappa shape index (κ2) is 6.32. The number of unbranched alkanes of at least 4 members (excludes halogenated alkanes) is 1. The van der Waals surface area contributed by atoms with Crippen LogP contribution in [0.2, 0.25) is 0 Å². The molecule has 1 aromatic carbocycles. The predicted molar refractivity (Wildman–Crippen MR) is 78.1 cm³/mol. The molecule has 2 rings (SSSR count). The molecule has 1 heterocycles. The number of nitrogens with zero attached hydrogens (tertiary/aromatic N) is 3. The Hall–Kier alpha value is -2.17. The third-order valence-electron chi connectivity index (χ3n) is 3.20. The summed E-state index contributed by atoms with van der Waals surface area (Å²) in [5.74, 6) is -0.158. The highest BCUT2D eigenvalue weighted by Gasteiger charge is 2.16. The zero-order valence-electron chi connectivity index (χ0n) is 12.2. The van der Waals surface area contributed by atoms with Crippen LogP contribution in [0, 0.1) is 13.8 Å². The van der Waals surface area contributed by atoms with Crippen LogP contribution in [-0.4, -0.2) is 27.4 Å². The quantitative estimate of drug-likeness (QED) is 0.850. The van der Waals surface area contributed by atoms with Gasteiger partial charge in [-0.2, -0.15) is 0 Å². The first-order chi connectivity index (χ1) is 9.63. The molecule has 0 saturated carbocycles. The average Bonchev–Trinajstić information content (AvgIpc) is 2.82. The number of nitrogens with one attached hydrogen (secondary N) is 1. The number of carbonyl (C=O) groups excluding carboxylic acids is 1. The summed E-state index contributed by atoms with van der Waals surface area (Å²) in [5, 5.41) is 10.9. The van der Waals surface area contributed by atoms with E-state index in [-0.39, 0.29) is 5.91 Å². The van der Waals surface area contributed by atoms with Crippen LogP contribution in [0.25, 0.3) is 5.69 Å². The van der Waals surface area contributed by atoms with Gasteiger partial charge in [0.25, 0.3) is 5.91 Å². The average molecular weight is 272 g/mol. The number of benzene rings is 1. The first-order valence-corrected chi connectivity index (χ1v) is 6.91. The van der Waals surface area contributed by atoms with Crippen LogP contribution >= 0.6 is 0 Å². The lowest BCUT2D eigenvalue weighted by Gasteiger charge is -2.05. The molecule has 106 valence electrons. The molecule has 0 fully saturated rings. The Kier molecular flexibility index (Phi) is 4.50. The Morgan fingerprint density at radius 3 is 2.60 bits per heavy atom. The number of carbonyl (C=O) groups is 1.